The maximum absolute atomic E-state index is 13.5. The summed E-state index contributed by atoms with van der Waals surface area (Å²) in [4.78, 5) is 26.9. The molecule has 1 aromatic heterocycles. The van der Waals surface area contributed by atoms with Crippen LogP contribution >= 0.6 is 15.9 Å². The first-order valence-corrected chi connectivity index (χ1v) is 8.05. The van der Waals surface area contributed by atoms with E-state index in [1.54, 1.807) is 7.05 Å². The number of hydrogen-bond donors (Lipinski definition) is 0. The Morgan fingerprint density at radius 3 is 2.71 bits per heavy atom. The average molecular weight is 388 g/mol. The molecule has 0 fully saturated rings. The van der Waals surface area contributed by atoms with Crippen molar-refractivity contribution in [3.63, 3.8) is 0 Å². The Bertz CT molecular complexity index is 1060. The highest BCUT2D eigenvalue weighted by Gasteiger charge is 2.40. The van der Waals surface area contributed by atoms with Gasteiger partial charge in [-0.25, -0.2) is 4.39 Å². The van der Waals surface area contributed by atoms with Crippen molar-refractivity contribution in [1.82, 2.24) is 4.90 Å². The summed E-state index contributed by atoms with van der Waals surface area (Å²) in [6.07, 6.45) is 0. The summed E-state index contributed by atoms with van der Waals surface area (Å²) in [7, 11) is 1.62. The number of halogens is 2. The number of carbonyl (C=O) groups excluding carboxylic acids is 1. The molecule has 4 rings (SSSR count). The van der Waals surface area contributed by atoms with E-state index in [9.17, 15) is 14.0 Å². The van der Waals surface area contributed by atoms with Gasteiger partial charge in [-0.3, -0.25) is 9.59 Å². The average Bonchev–Trinajstić information content (AvgIpc) is 2.81. The van der Waals surface area contributed by atoms with E-state index in [4.69, 9.17) is 4.42 Å². The number of amides is 1. The lowest BCUT2D eigenvalue weighted by atomic mass is 9.99. The molecule has 0 aliphatic carbocycles. The van der Waals surface area contributed by atoms with Crippen LogP contribution < -0.4 is 5.43 Å². The van der Waals surface area contributed by atoms with Crippen LogP contribution in [0.1, 0.15) is 27.7 Å². The molecule has 1 amide bonds. The fraction of sp³-hybridized carbons (Fsp3) is 0.111. The fourth-order valence-electron chi connectivity index (χ4n) is 3.13. The Kier molecular flexibility index (Phi) is 3.31. The van der Waals surface area contributed by atoms with Crippen LogP contribution in [0.2, 0.25) is 0 Å². The first-order valence-electron chi connectivity index (χ1n) is 7.26. The minimum atomic E-state index is -0.561. The minimum absolute atomic E-state index is 0.0200. The summed E-state index contributed by atoms with van der Waals surface area (Å²) < 4.78 is 20.0. The molecule has 2 heterocycles. The van der Waals surface area contributed by atoms with Crippen LogP contribution in [0, 0.1) is 5.82 Å². The zero-order valence-corrected chi connectivity index (χ0v) is 14.1. The summed E-state index contributed by atoms with van der Waals surface area (Å²) >= 11 is 3.40. The number of nitrogens with zero attached hydrogens (tertiary/aromatic N) is 1. The summed E-state index contributed by atoms with van der Waals surface area (Å²) in [6.45, 7) is 0. The third kappa shape index (κ3) is 2.10. The highest BCUT2D eigenvalue weighted by atomic mass is 79.9. The van der Waals surface area contributed by atoms with Gasteiger partial charge in [-0.2, -0.15) is 0 Å². The highest BCUT2D eigenvalue weighted by Crippen LogP contribution is 2.37. The van der Waals surface area contributed by atoms with E-state index < -0.39 is 11.9 Å². The fourth-order valence-corrected chi connectivity index (χ4v) is 3.54. The van der Waals surface area contributed by atoms with Gasteiger partial charge in [0.25, 0.3) is 5.91 Å². The number of benzene rings is 2. The van der Waals surface area contributed by atoms with Crippen molar-refractivity contribution in [2.45, 2.75) is 6.04 Å². The first-order chi connectivity index (χ1) is 11.5. The van der Waals surface area contributed by atoms with Crippen molar-refractivity contribution in [1.29, 1.82) is 0 Å². The van der Waals surface area contributed by atoms with Crippen molar-refractivity contribution in [3.05, 3.63) is 79.9 Å². The van der Waals surface area contributed by atoms with E-state index in [2.05, 4.69) is 15.9 Å². The summed E-state index contributed by atoms with van der Waals surface area (Å²) in [5.41, 5.74) is 0.853. The molecular formula is C18H11BrFNO3. The maximum Gasteiger partial charge on any atom is 0.290 e. The normalized spacial score (nSPS) is 16.7. The molecule has 0 spiro atoms. The predicted molar refractivity (Wildman–Crippen MR) is 90.5 cm³/mol. The molecule has 2 aromatic carbocycles. The van der Waals surface area contributed by atoms with Gasteiger partial charge >= 0.3 is 0 Å². The lowest BCUT2D eigenvalue weighted by Crippen LogP contribution is -2.25. The summed E-state index contributed by atoms with van der Waals surface area (Å²) in [5.74, 6) is -0.865. The topological polar surface area (TPSA) is 50.5 Å². The largest absolute Gasteiger partial charge is 0.450 e. The zero-order chi connectivity index (χ0) is 17.0. The standard InChI is InChI=1S/C18H11BrFNO3/c1-21-15(9-3-2-4-10(19)7-9)14-16(22)12-8-11(20)5-6-13(12)24-17(14)18(21)23/h2-8,15H,1H3/t15-/m1/s1. The second-order valence-corrected chi connectivity index (χ2v) is 6.60. The molecule has 1 aliphatic heterocycles. The maximum atomic E-state index is 13.5. The van der Waals surface area contributed by atoms with Gasteiger partial charge in [0, 0.05) is 11.5 Å². The van der Waals surface area contributed by atoms with E-state index in [0.717, 1.165) is 16.1 Å². The molecule has 1 aliphatic rings. The first kappa shape index (κ1) is 15.1. The van der Waals surface area contributed by atoms with Gasteiger partial charge in [0.05, 0.1) is 17.0 Å². The Hall–Kier alpha value is -2.47. The van der Waals surface area contributed by atoms with Gasteiger partial charge in [-0.05, 0) is 35.9 Å². The van der Waals surface area contributed by atoms with Crippen LogP contribution in [0.15, 0.2) is 56.1 Å². The smallest absolute Gasteiger partial charge is 0.290 e. The van der Waals surface area contributed by atoms with Crippen LogP contribution in [-0.2, 0) is 0 Å². The van der Waals surface area contributed by atoms with E-state index >= 15 is 0 Å². The molecule has 120 valence electrons. The molecule has 0 radical (unpaired) electrons. The van der Waals surface area contributed by atoms with Crippen LogP contribution in [0.3, 0.4) is 0 Å². The Morgan fingerprint density at radius 2 is 1.96 bits per heavy atom. The zero-order valence-electron chi connectivity index (χ0n) is 12.5. The van der Waals surface area contributed by atoms with Gasteiger partial charge in [0.15, 0.2) is 5.43 Å². The highest BCUT2D eigenvalue weighted by molar-refractivity contribution is 9.10. The molecule has 1 atom stereocenters. The minimum Gasteiger partial charge on any atom is -0.450 e. The second-order valence-electron chi connectivity index (χ2n) is 5.69. The van der Waals surface area contributed by atoms with E-state index in [-0.39, 0.29) is 33.6 Å². The number of fused-ring (bicyclic) bond motifs is 2. The van der Waals surface area contributed by atoms with Gasteiger partial charge in [0.1, 0.15) is 11.4 Å². The van der Waals surface area contributed by atoms with Gasteiger partial charge in [0.2, 0.25) is 5.76 Å². The van der Waals surface area contributed by atoms with E-state index in [1.807, 2.05) is 24.3 Å². The third-order valence-electron chi connectivity index (χ3n) is 4.23. The lowest BCUT2D eigenvalue weighted by molar-refractivity contribution is 0.0771. The Morgan fingerprint density at radius 1 is 1.17 bits per heavy atom. The lowest BCUT2D eigenvalue weighted by Gasteiger charge is -2.20. The number of rotatable bonds is 1. The van der Waals surface area contributed by atoms with Gasteiger partial charge < -0.3 is 9.32 Å². The molecular weight excluding hydrogens is 377 g/mol. The SMILES string of the molecule is CN1C(=O)c2oc3ccc(F)cc3c(=O)c2[C@H]1c1cccc(Br)c1. The molecule has 0 N–H and O–H groups in total. The van der Waals surface area contributed by atoms with Gasteiger partial charge in [-0.15, -0.1) is 0 Å². The summed E-state index contributed by atoms with van der Waals surface area (Å²) in [6, 6.07) is 10.5. The molecule has 0 saturated carbocycles. The van der Waals surface area contributed by atoms with Crippen molar-refractivity contribution in [2.75, 3.05) is 7.05 Å². The second kappa shape index (κ2) is 5.27. The van der Waals surface area contributed by atoms with Crippen molar-refractivity contribution >= 4 is 32.8 Å². The van der Waals surface area contributed by atoms with Crippen LogP contribution in [-0.4, -0.2) is 17.9 Å². The molecule has 0 bridgehead atoms. The number of hydrogen-bond acceptors (Lipinski definition) is 3. The van der Waals surface area contributed by atoms with Crippen LogP contribution in [0.4, 0.5) is 4.39 Å². The molecule has 4 nitrogen and oxygen atoms in total. The third-order valence-corrected chi connectivity index (χ3v) is 4.72. The van der Waals surface area contributed by atoms with Crippen LogP contribution in [0.5, 0.6) is 0 Å². The molecule has 6 heteroatoms. The van der Waals surface area contributed by atoms with Crippen molar-refractivity contribution < 1.29 is 13.6 Å². The van der Waals surface area contributed by atoms with Crippen LogP contribution in [0.25, 0.3) is 11.0 Å². The van der Waals surface area contributed by atoms with Crippen molar-refractivity contribution in [2.24, 2.45) is 0 Å². The Labute approximate surface area is 144 Å². The molecule has 0 unspecified atom stereocenters. The summed E-state index contributed by atoms with van der Waals surface area (Å²) in [5, 5.41) is 0.136. The van der Waals surface area contributed by atoms with Crippen molar-refractivity contribution in [3.8, 4) is 0 Å². The number of carbonyl (C=O) groups is 1. The predicted octanol–water partition coefficient (Wildman–Crippen LogP) is 3.87. The molecule has 0 saturated heterocycles. The quantitative estimate of drug-likeness (QED) is 0.636. The van der Waals surface area contributed by atoms with E-state index in [1.165, 1.54) is 17.0 Å². The van der Waals surface area contributed by atoms with Gasteiger partial charge in [-0.1, -0.05) is 28.1 Å². The Balaban J connectivity index is 2.05. The monoisotopic (exact) mass is 387 g/mol. The molecule has 24 heavy (non-hydrogen) atoms. The van der Waals surface area contributed by atoms with E-state index in [0.29, 0.717) is 0 Å². The molecule has 3 aromatic rings.